The zero-order valence-electron chi connectivity index (χ0n) is 24.1. The molecule has 1 heterocycles. The molecule has 3 rings (SSSR count). The molecule has 232 valence electrons. The first-order valence-corrected chi connectivity index (χ1v) is 13.0. The molecule has 0 aliphatic carbocycles. The molecule has 1 aliphatic rings. The van der Waals surface area contributed by atoms with Crippen LogP contribution in [0.3, 0.4) is 0 Å². The molecule has 7 nitrogen and oxygen atoms in total. The first-order valence-electron chi connectivity index (χ1n) is 13.0. The average molecular weight is 605 g/mol. The molecule has 0 saturated carbocycles. The van der Waals surface area contributed by atoms with Crippen molar-refractivity contribution in [3.05, 3.63) is 70.8 Å². The van der Waals surface area contributed by atoms with E-state index in [9.17, 15) is 35.9 Å². The van der Waals surface area contributed by atoms with E-state index in [4.69, 9.17) is 14.2 Å². The van der Waals surface area contributed by atoms with Gasteiger partial charge in [0.2, 0.25) is 0 Å². The van der Waals surface area contributed by atoms with Crippen molar-refractivity contribution >= 4 is 12.2 Å². The second-order valence-corrected chi connectivity index (χ2v) is 12.0. The van der Waals surface area contributed by atoms with E-state index >= 15 is 0 Å². The number of rotatable bonds is 7. The lowest BCUT2D eigenvalue weighted by atomic mass is 9.87. The molecule has 1 saturated heterocycles. The van der Waals surface area contributed by atoms with Crippen molar-refractivity contribution in [3.8, 4) is 0 Å². The number of nitrogens with one attached hydrogen (secondary N) is 1. The summed E-state index contributed by atoms with van der Waals surface area (Å²) in [4.78, 5) is 27.3. The summed E-state index contributed by atoms with van der Waals surface area (Å²) in [5.41, 5.74) is -6.11. The van der Waals surface area contributed by atoms with Crippen LogP contribution in [0.15, 0.2) is 48.5 Å². The van der Waals surface area contributed by atoms with Crippen LogP contribution in [-0.4, -0.2) is 47.5 Å². The molecule has 0 bridgehead atoms. The number of ether oxygens (including phenoxy) is 3. The van der Waals surface area contributed by atoms with E-state index in [1.807, 2.05) is 0 Å². The highest BCUT2D eigenvalue weighted by Gasteiger charge is 2.57. The Morgan fingerprint density at radius 2 is 1.33 bits per heavy atom. The lowest BCUT2D eigenvalue weighted by Crippen LogP contribution is -2.55. The minimum atomic E-state index is -5.02. The van der Waals surface area contributed by atoms with E-state index in [0.717, 1.165) is 0 Å². The molecule has 1 aliphatic heterocycles. The zero-order valence-corrected chi connectivity index (χ0v) is 24.1. The summed E-state index contributed by atoms with van der Waals surface area (Å²) in [5, 5.41) is 2.77. The number of halogens is 6. The molecule has 2 aromatic carbocycles. The van der Waals surface area contributed by atoms with Crippen LogP contribution in [0, 0.1) is 0 Å². The van der Waals surface area contributed by atoms with Gasteiger partial charge in [0.25, 0.3) is 0 Å². The Morgan fingerprint density at radius 1 is 0.810 bits per heavy atom. The van der Waals surface area contributed by atoms with Crippen LogP contribution in [0.1, 0.15) is 63.8 Å². The SMILES string of the molecule is CC(C)(C)OC(=O)NC(COCc1cc(C(F)(F)F)cc(C(F)(F)F)c1)(c1ccccc1)C1CN1C(=O)OC(C)(C)C. The van der Waals surface area contributed by atoms with Crippen LogP contribution in [0.25, 0.3) is 0 Å². The molecule has 2 aromatic rings. The summed E-state index contributed by atoms with van der Waals surface area (Å²) < 4.78 is 96.9. The van der Waals surface area contributed by atoms with Gasteiger partial charge in [-0.05, 0) is 70.9 Å². The number of carbonyl (C=O) groups is 2. The number of amides is 2. The number of carbonyl (C=O) groups excluding carboxylic acids is 2. The Balaban J connectivity index is 1.99. The number of nitrogens with zero attached hydrogens (tertiary/aromatic N) is 1. The van der Waals surface area contributed by atoms with E-state index in [1.54, 1.807) is 71.9 Å². The van der Waals surface area contributed by atoms with Gasteiger partial charge in [-0.15, -0.1) is 0 Å². The fourth-order valence-electron chi connectivity index (χ4n) is 4.30. The molecule has 0 radical (unpaired) electrons. The van der Waals surface area contributed by atoms with Crippen LogP contribution >= 0.6 is 0 Å². The lowest BCUT2D eigenvalue weighted by molar-refractivity contribution is -0.143. The van der Waals surface area contributed by atoms with Crippen molar-refractivity contribution in [2.45, 2.75) is 83.3 Å². The largest absolute Gasteiger partial charge is 0.444 e. The van der Waals surface area contributed by atoms with Gasteiger partial charge in [-0.1, -0.05) is 30.3 Å². The van der Waals surface area contributed by atoms with Gasteiger partial charge in [0.05, 0.1) is 30.4 Å². The maximum Gasteiger partial charge on any atom is 0.416 e. The normalized spacial score (nSPS) is 17.3. The van der Waals surface area contributed by atoms with Gasteiger partial charge < -0.3 is 19.5 Å². The summed E-state index contributed by atoms with van der Waals surface area (Å²) in [6.07, 6.45) is -11.6. The first kappa shape index (κ1) is 33.0. The summed E-state index contributed by atoms with van der Waals surface area (Å²) in [6.45, 7) is 9.00. The number of alkyl halides is 6. The maximum atomic E-state index is 13.4. The van der Waals surface area contributed by atoms with Crippen molar-refractivity contribution in [3.63, 3.8) is 0 Å². The summed E-state index contributed by atoms with van der Waals surface area (Å²) in [7, 11) is 0. The fraction of sp³-hybridized carbons (Fsp3) is 0.517. The van der Waals surface area contributed by atoms with Gasteiger partial charge >= 0.3 is 24.5 Å². The average Bonchev–Trinajstić information content (AvgIpc) is 3.62. The molecule has 2 atom stereocenters. The quantitative estimate of drug-likeness (QED) is 0.266. The molecule has 13 heteroatoms. The molecule has 0 aromatic heterocycles. The van der Waals surface area contributed by atoms with Crippen molar-refractivity contribution < 1.29 is 50.1 Å². The summed E-state index contributed by atoms with van der Waals surface area (Å²) in [5.74, 6) is 0. The topological polar surface area (TPSA) is 76.9 Å². The minimum absolute atomic E-state index is 0.0325. The monoisotopic (exact) mass is 604 g/mol. The highest BCUT2D eigenvalue weighted by molar-refractivity contribution is 5.74. The molecule has 1 fully saturated rings. The molecule has 2 unspecified atom stereocenters. The van der Waals surface area contributed by atoms with Crippen molar-refractivity contribution in [2.75, 3.05) is 13.2 Å². The molecular formula is C29H34F6N2O5. The summed E-state index contributed by atoms with van der Waals surface area (Å²) >= 11 is 0. The van der Waals surface area contributed by atoms with E-state index < -0.39 is 71.7 Å². The summed E-state index contributed by atoms with van der Waals surface area (Å²) in [6, 6.07) is 8.79. The van der Waals surface area contributed by atoms with E-state index in [0.29, 0.717) is 17.7 Å². The Bertz CT molecular complexity index is 1240. The third-order valence-corrected chi connectivity index (χ3v) is 6.07. The first-order chi connectivity index (χ1) is 19.1. The Morgan fingerprint density at radius 3 is 1.81 bits per heavy atom. The smallest absolute Gasteiger partial charge is 0.416 e. The van der Waals surface area contributed by atoms with E-state index in [1.165, 1.54) is 4.90 Å². The van der Waals surface area contributed by atoms with Gasteiger partial charge in [0.1, 0.15) is 16.7 Å². The predicted molar refractivity (Wildman–Crippen MR) is 140 cm³/mol. The van der Waals surface area contributed by atoms with Gasteiger partial charge in [0.15, 0.2) is 0 Å². The van der Waals surface area contributed by atoms with Crippen LogP contribution in [-0.2, 0) is 38.7 Å². The standard InChI is InChI=1S/C29H34F6N2O5/c1-25(2,3)41-23(38)36-27(19-10-8-7-9-11-19,22-15-37(22)24(39)42-26(4,5)6)17-40-16-18-12-20(28(30,31)32)14-21(13-18)29(33,34)35/h7-14,22H,15-17H2,1-6H3,(H,36,38). The second kappa shape index (κ2) is 11.7. The third-order valence-electron chi connectivity index (χ3n) is 6.07. The number of benzene rings is 2. The van der Waals surface area contributed by atoms with Crippen molar-refractivity contribution in [1.82, 2.24) is 10.2 Å². The van der Waals surface area contributed by atoms with Gasteiger partial charge in [-0.2, -0.15) is 26.3 Å². The predicted octanol–water partition coefficient (Wildman–Crippen LogP) is 7.28. The number of alkyl carbamates (subject to hydrolysis) is 1. The van der Waals surface area contributed by atoms with Crippen molar-refractivity contribution in [1.29, 1.82) is 0 Å². The maximum absolute atomic E-state index is 13.4. The molecule has 0 spiro atoms. The minimum Gasteiger partial charge on any atom is -0.444 e. The van der Waals surface area contributed by atoms with Gasteiger partial charge in [0, 0.05) is 6.54 Å². The lowest BCUT2D eigenvalue weighted by Gasteiger charge is -2.36. The Kier molecular flexibility index (Phi) is 9.17. The Hall–Kier alpha value is -3.48. The zero-order chi connectivity index (χ0) is 31.7. The van der Waals surface area contributed by atoms with Crippen LogP contribution in [0.5, 0.6) is 0 Å². The molecular weight excluding hydrogens is 570 g/mol. The van der Waals surface area contributed by atoms with E-state index in [-0.39, 0.29) is 18.2 Å². The Labute approximate surface area is 240 Å². The van der Waals surface area contributed by atoms with Gasteiger partial charge in [-0.3, -0.25) is 4.90 Å². The van der Waals surface area contributed by atoms with Crippen molar-refractivity contribution in [2.24, 2.45) is 0 Å². The fourth-order valence-corrected chi connectivity index (χ4v) is 4.30. The van der Waals surface area contributed by atoms with Gasteiger partial charge in [-0.25, -0.2) is 9.59 Å². The van der Waals surface area contributed by atoms with Crippen LogP contribution < -0.4 is 5.32 Å². The second-order valence-electron chi connectivity index (χ2n) is 12.0. The number of hydrogen-bond donors (Lipinski definition) is 1. The molecule has 42 heavy (non-hydrogen) atoms. The highest BCUT2D eigenvalue weighted by Crippen LogP contribution is 2.40. The van der Waals surface area contributed by atoms with E-state index in [2.05, 4.69) is 5.32 Å². The molecule has 2 amide bonds. The highest BCUT2D eigenvalue weighted by atomic mass is 19.4. The number of hydrogen-bond acceptors (Lipinski definition) is 5. The molecule has 1 N–H and O–H groups in total. The third kappa shape index (κ3) is 8.76. The van der Waals surface area contributed by atoms with Crippen LogP contribution in [0.4, 0.5) is 35.9 Å². The van der Waals surface area contributed by atoms with Crippen LogP contribution in [0.2, 0.25) is 0 Å².